The van der Waals surface area contributed by atoms with Gasteiger partial charge in [0.1, 0.15) is 0 Å². The van der Waals surface area contributed by atoms with Crippen LogP contribution in [0.15, 0.2) is 32.0 Å². The Morgan fingerprint density at radius 2 is 2.46 bits per heavy atom. The predicted octanol–water partition coefficient (Wildman–Crippen LogP) is 2.15. The van der Waals surface area contributed by atoms with E-state index in [1.165, 1.54) is 11.8 Å². The average molecular weight is 365 g/mol. The number of hydrogen-bond donors (Lipinski definition) is 1. The van der Waals surface area contributed by atoms with Crippen molar-refractivity contribution in [1.82, 2.24) is 24.9 Å². The number of thioether (sulfide) groups is 1. The molecule has 0 aromatic carbocycles. The van der Waals surface area contributed by atoms with E-state index in [2.05, 4.69) is 20.3 Å². The molecule has 10 heteroatoms. The van der Waals surface area contributed by atoms with Crippen LogP contribution in [0.4, 0.5) is 0 Å². The number of nitrogens with one attached hydrogen (secondary N) is 1. The molecular weight excluding hydrogens is 350 g/mol. The van der Waals surface area contributed by atoms with Crippen molar-refractivity contribution in [2.75, 3.05) is 6.61 Å². The summed E-state index contributed by atoms with van der Waals surface area (Å²) in [6, 6.07) is 3.89. The summed E-state index contributed by atoms with van der Waals surface area (Å²) < 4.78 is 12.5. The van der Waals surface area contributed by atoms with Gasteiger partial charge in [-0.15, -0.1) is 16.4 Å². The maximum Gasteiger partial charge on any atom is 0.344 e. The third-order valence-corrected chi connectivity index (χ3v) is 5.49. The summed E-state index contributed by atoms with van der Waals surface area (Å²) in [7, 11) is 0. The van der Waals surface area contributed by atoms with Crippen LogP contribution in [0, 0.1) is 0 Å². The quantitative estimate of drug-likeness (QED) is 0.668. The molecule has 0 saturated carbocycles. The molecule has 1 unspecified atom stereocenters. The van der Waals surface area contributed by atoms with Gasteiger partial charge in [0.15, 0.2) is 5.16 Å². The number of aromatic amines is 1. The van der Waals surface area contributed by atoms with E-state index < -0.39 is 0 Å². The lowest BCUT2D eigenvalue weighted by Crippen LogP contribution is -2.24. The Bertz CT molecular complexity index is 848. The van der Waals surface area contributed by atoms with Crippen LogP contribution in [0.25, 0.3) is 10.7 Å². The highest BCUT2D eigenvalue weighted by molar-refractivity contribution is 7.98. The largest absolute Gasteiger partial charge is 0.376 e. The average Bonchev–Trinajstić information content (AvgIpc) is 3.36. The Balaban J connectivity index is 1.43. The van der Waals surface area contributed by atoms with Crippen molar-refractivity contribution in [1.29, 1.82) is 0 Å². The van der Waals surface area contributed by atoms with Crippen molar-refractivity contribution < 1.29 is 9.26 Å². The molecule has 8 nitrogen and oxygen atoms in total. The summed E-state index contributed by atoms with van der Waals surface area (Å²) in [6.07, 6.45) is 2.08. The Hall–Kier alpha value is -1.91. The standard InChI is InChI=1S/C14H15N5O3S2/c20-13-16-17-14(19(13)7-9-3-1-5-21-9)24-8-11-15-12(18-22-11)10-4-2-6-23-10/h2,4,6,9H,1,3,5,7-8H2,(H,16,20). The molecule has 0 spiro atoms. The van der Waals surface area contributed by atoms with Crippen molar-refractivity contribution in [3.8, 4) is 10.7 Å². The molecule has 1 N–H and O–H groups in total. The van der Waals surface area contributed by atoms with Crippen LogP contribution in [-0.4, -0.2) is 37.6 Å². The Kier molecular flexibility index (Phi) is 4.50. The van der Waals surface area contributed by atoms with Gasteiger partial charge in [-0.3, -0.25) is 4.57 Å². The fourth-order valence-corrected chi connectivity index (χ4v) is 3.95. The number of thiophene rings is 1. The van der Waals surface area contributed by atoms with E-state index in [0.717, 1.165) is 24.3 Å². The highest BCUT2D eigenvalue weighted by Crippen LogP contribution is 2.24. The van der Waals surface area contributed by atoms with Crippen LogP contribution < -0.4 is 5.69 Å². The van der Waals surface area contributed by atoms with Crippen molar-refractivity contribution in [2.45, 2.75) is 36.4 Å². The molecule has 0 amide bonds. The fraction of sp³-hybridized carbons (Fsp3) is 0.429. The third-order valence-electron chi connectivity index (χ3n) is 3.67. The number of aromatic nitrogens is 5. The molecule has 3 aromatic rings. The number of rotatable bonds is 6. The fourth-order valence-electron chi connectivity index (χ4n) is 2.51. The second-order valence-corrected chi connectivity index (χ2v) is 7.22. The summed E-state index contributed by atoms with van der Waals surface area (Å²) in [6.45, 7) is 1.27. The lowest BCUT2D eigenvalue weighted by Gasteiger charge is -2.10. The highest BCUT2D eigenvalue weighted by atomic mass is 32.2. The van der Waals surface area contributed by atoms with E-state index in [9.17, 15) is 4.79 Å². The lowest BCUT2D eigenvalue weighted by molar-refractivity contribution is 0.0941. The number of ether oxygens (including phenoxy) is 1. The first-order valence-electron chi connectivity index (χ1n) is 7.55. The minimum Gasteiger partial charge on any atom is -0.376 e. The minimum atomic E-state index is -0.224. The zero-order valence-electron chi connectivity index (χ0n) is 12.7. The zero-order valence-corrected chi connectivity index (χ0v) is 14.3. The van der Waals surface area contributed by atoms with Crippen LogP contribution >= 0.6 is 23.1 Å². The topological polar surface area (TPSA) is 98.8 Å². The molecule has 1 fully saturated rings. The molecule has 0 aliphatic carbocycles. The second kappa shape index (κ2) is 6.91. The van der Waals surface area contributed by atoms with Gasteiger partial charge >= 0.3 is 5.69 Å². The van der Waals surface area contributed by atoms with Gasteiger partial charge in [0, 0.05) is 6.61 Å². The van der Waals surface area contributed by atoms with Crippen molar-refractivity contribution >= 4 is 23.1 Å². The van der Waals surface area contributed by atoms with Crippen LogP contribution in [0.3, 0.4) is 0 Å². The van der Waals surface area contributed by atoms with Gasteiger partial charge in [-0.05, 0) is 24.3 Å². The molecule has 1 atom stereocenters. The van der Waals surface area contributed by atoms with Crippen LogP contribution in [0.2, 0.25) is 0 Å². The smallest absolute Gasteiger partial charge is 0.344 e. The summed E-state index contributed by atoms with van der Waals surface area (Å²) in [5.41, 5.74) is -0.224. The number of H-pyrrole nitrogens is 1. The van der Waals surface area contributed by atoms with Crippen molar-refractivity contribution in [3.05, 3.63) is 33.9 Å². The van der Waals surface area contributed by atoms with Crippen molar-refractivity contribution in [2.24, 2.45) is 0 Å². The first kappa shape index (κ1) is 15.6. The van der Waals surface area contributed by atoms with E-state index in [1.807, 2.05) is 17.5 Å². The summed E-state index contributed by atoms with van der Waals surface area (Å²) >= 11 is 2.95. The van der Waals surface area contributed by atoms with Gasteiger partial charge in [0.2, 0.25) is 11.7 Å². The molecule has 0 bridgehead atoms. The molecule has 0 radical (unpaired) electrons. The van der Waals surface area contributed by atoms with Crippen molar-refractivity contribution in [3.63, 3.8) is 0 Å². The summed E-state index contributed by atoms with van der Waals surface area (Å²) in [4.78, 5) is 17.3. The molecule has 126 valence electrons. The Morgan fingerprint density at radius 3 is 3.25 bits per heavy atom. The van der Waals surface area contributed by atoms with Crippen LogP contribution in [0.5, 0.6) is 0 Å². The molecule has 3 aromatic heterocycles. The monoisotopic (exact) mass is 365 g/mol. The maximum absolute atomic E-state index is 11.9. The van der Waals surface area contributed by atoms with E-state index in [0.29, 0.717) is 29.2 Å². The van der Waals surface area contributed by atoms with Crippen LogP contribution in [0.1, 0.15) is 18.7 Å². The van der Waals surface area contributed by atoms with Gasteiger partial charge in [0.05, 0.1) is 23.3 Å². The third kappa shape index (κ3) is 3.30. The molecule has 1 saturated heterocycles. The molecular formula is C14H15N5O3S2. The van der Waals surface area contributed by atoms with Crippen LogP contribution in [-0.2, 0) is 17.0 Å². The summed E-state index contributed by atoms with van der Waals surface area (Å²) in [5.74, 6) is 1.54. The van der Waals surface area contributed by atoms with E-state index in [-0.39, 0.29) is 11.8 Å². The van der Waals surface area contributed by atoms with Gasteiger partial charge in [0.25, 0.3) is 0 Å². The van der Waals surface area contributed by atoms with E-state index in [4.69, 9.17) is 9.26 Å². The Labute approximate surface area is 145 Å². The summed E-state index contributed by atoms with van der Waals surface area (Å²) in [5, 5.41) is 13.1. The first-order valence-corrected chi connectivity index (χ1v) is 9.42. The number of hydrogen-bond acceptors (Lipinski definition) is 8. The SMILES string of the molecule is O=c1[nH]nc(SCc2nc(-c3cccs3)no2)n1CC1CCCO1. The molecule has 1 aliphatic rings. The first-order chi connectivity index (χ1) is 11.8. The molecule has 4 rings (SSSR count). The molecule has 24 heavy (non-hydrogen) atoms. The molecule has 4 heterocycles. The minimum absolute atomic E-state index is 0.0773. The maximum atomic E-state index is 11.9. The zero-order chi connectivity index (χ0) is 16.4. The normalized spacial score (nSPS) is 17.6. The van der Waals surface area contributed by atoms with E-state index in [1.54, 1.807) is 15.9 Å². The Morgan fingerprint density at radius 1 is 1.50 bits per heavy atom. The highest BCUT2D eigenvalue weighted by Gasteiger charge is 2.20. The van der Waals surface area contributed by atoms with Gasteiger partial charge in [-0.25, -0.2) is 9.89 Å². The second-order valence-electron chi connectivity index (χ2n) is 5.33. The van der Waals surface area contributed by atoms with E-state index >= 15 is 0 Å². The number of nitrogens with zero attached hydrogens (tertiary/aromatic N) is 4. The van der Waals surface area contributed by atoms with Gasteiger partial charge in [-0.2, -0.15) is 4.98 Å². The van der Waals surface area contributed by atoms with Gasteiger partial charge < -0.3 is 9.26 Å². The predicted molar refractivity (Wildman–Crippen MR) is 89.0 cm³/mol. The van der Waals surface area contributed by atoms with Gasteiger partial charge in [-0.1, -0.05) is 23.0 Å². The lowest BCUT2D eigenvalue weighted by atomic mass is 10.2. The molecule has 1 aliphatic heterocycles.